The van der Waals surface area contributed by atoms with Gasteiger partial charge in [0.15, 0.2) is 0 Å². The van der Waals surface area contributed by atoms with Crippen molar-refractivity contribution in [1.29, 1.82) is 0 Å². The van der Waals surface area contributed by atoms with Crippen molar-refractivity contribution in [3.8, 4) is 0 Å². The molecular formula is C15H12N6O. The van der Waals surface area contributed by atoms with Gasteiger partial charge in [-0.1, -0.05) is 6.07 Å². The fourth-order valence-electron chi connectivity index (χ4n) is 2.45. The molecule has 108 valence electrons. The largest absolute Gasteiger partial charge is 0.309 e. The Hall–Kier alpha value is -3.09. The molecule has 0 aromatic carbocycles. The van der Waals surface area contributed by atoms with Crippen molar-refractivity contribution in [3.05, 3.63) is 64.7 Å². The van der Waals surface area contributed by atoms with E-state index in [1.807, 2.05) is 24.3 Å². The second-order valence-electron chi connectivity index (χ2n) is 5.00. The summed E-state index contributed by atoms with van der Waals surface area (Å²) < 4.78 is 3.21. The number of hydrogen-bond acceptors (Lipinski definition) is 5. The predicted molar refractivity (Wildman–Crippen MR) is 80.6 cm³/mol. The second-order valence-corrected chi connectivity index (χ2v) is 5.00. The predicted octanol–water partition coefficient (Wildman–Crippen LogP) is 1.19. The lowest BCUT2D eigenvalue weighted by Gasteiger charge is -2.07. The minimum atomic E-state index is -0.120. The Morgan fingerprint density at radius 2 is 2.09 bits per heavy atom. The van der Waals surface area contributed by atoms with Gasteiger partial charge in [-0.3, -0.25) is 9.78 Å². The van der Waals surface area contributed by atoms with Gasteiger partial charge in [0.05, 0.1) is 23.1 Å². The van der Waals surface area contributed by atoms with Crippen LogP contribution in [0.4, 0.5) is 0 Å². The Morgan fingerprint density at radius 1 is 1.18 bits per heavy atom. The molecule has 0 saturated carbocycles. The van der Waals surface area contributed by atoms with Gasteiger partial charge < -0.3 is 4.57 Å². The normalized spacial score (nSPS) is 11.3. The summed E-state index contributed by atoms with van der Waals surface area (Å²) in [6.07, 6.45) is 5.01. The molecule has 4 heterocycles. The lowest BCUT2D eigenvalue weighted by Crippen LogP contribution is -2.21. The molecule has 0 aliphatic carbocycles. The monoisotopic (exact) mass is 292 g/mol. The molecule has 4 aromatic heterocycles. The quantitative estimate of drug-likeness (QED) is 0.554. The average molecular weight is 292 g/mol. The highest BCUT2D eigenvalue weighted by atomic mass is 16.1. The number of hydrogen-bond donors (Lipinski definition) is 0. The molecule has 7 nitrogen and oxygen atoms in total. The Kier molecular flexibility index (Phi) is 2.72. The fraction of sp³-hybridized carbons (Fsp3) is 0.133. The van der Waals surface area contributed by atoms with E-state index in [-0.39, 0.29) is 5.56 Å². The van der Waals surface area contributed by atoms with E-state index in [4.69, 9.17) is 0 Å². The molecule has 4 rings (SSSR count). The Labute approximate surface area is 124 Å². The first-order valence-electron chi connectivity index (χ1n) is 6.84. The van der Waals surface area contributed by atoms with Crippen LogP contribution < -0.4 is 5.56 Å². The standard InChI is InChI=1S/C15H12N6O/c1-10-18-15-17-8-12-13(21(15)19-10)5-7-20(14(12)22)9-11-4-2-3-6-16-11/h2-8H,9H2,1H3. The first-order valence-corrected chi connectivity index (χ1v) is 6.84. The van der Waals surface area contributed by atoms with Crippen molar-refractivity contribution in [2.75, 3.05) is 0 Å². The van der Waals surface area contributed by atoms with Crippen molar-refractivity contribution in [2.45, 2.75) is 13.5 Å². The Bertz CT molecular complexity index is 1030. The van der Waals surface area contributed by atoms with E-state index >= 15 is 0 Å². The molecule has 4 aromatic rings. The van der Waals surface area contributed by atoms with E-state index in [1.165, 1.54) is 0 Å². The van der Waals surface area contributed by atoms with Crippen molar-refractivity contribution >= 4 is 16.7 Å². The first kappa shape index (κ1) is 12.6. The number of aromatic nitrogens is 6. The number of aryl methyl sites for hydroxylation is 1. The smallest absolute Gasteiger partial charge is 0.261 e. The van der Waals surface area contributed by atoms with Gasteiger partial charge in [-0.15, -0.1) is 5.10 Å². The highest BCUT2D eigenvalue weighted by molar-refractivity contribution is 5.78. The van der Waals surface area contributed by atoms with Gasteiger partial charge in [-0.05, 0) is 25.1 Å². The zero-order chi connectivity index (χ0) is 15.1. The molecule has 0 bridgehead atoms. The third-order valence-electron chi connectivity index (χ3n) is 3.47. The number of rotatable bonds is 2. The van der Waals surface area contributed by atoms with Crippen LogP contribution in [0.5, 0.6) is 0 Å². The SMILES string of the molecule is Cc1nc2ncc3c(=O)n(Cc4ccccn4)ccc3n2n1. The van der Waals surface area contributed by atoms with Gasteiger partial charge in [-0.25, -0.2) is 4.98 Å². The lowest BCUT2D eigenvalue weighted by atomic mass is 10.3. The molecule has 0 unspecified atom stereocenters. The Balaban J connectivity index is 1.90. The van der Waals surface area contributed by atoms with E-state index in [9.17, 15) is 4.79 Å². The van der Waals surface area contributed by atoms with E-state index in [0.717, 1.165) is 5.69 Å². The van der Waals surface area contributed by atoms with Gasteiger partial charge in [0.25, 0.3) is 11.3 Å². The van der Waals surface area contributed by atoms with Crippen LogP contribution in [-0.2, 0) is 6.54 Å². The van der Waals surface area contributed by atoms with Gasteiger partial charge in [0, 0.05) is 18.6 Å². The van der Waals surface area contributed by atoms with Gasteiger partial charge in [0.1, 0.15) is 5.82 Å². The van der Waals surface area contributed by atoms with Crippen LogP contribution in [0.25, 0.3) is 16.7 Å². The maximum absolute atomic E-state index is 12.6. The van der Waals surface area contributed by atoms with E-state index in [1.54, 1.807) is 34.6 Å². The average Bonchev–Trinajstić information content (AvgIpc) is 2.91. The summed E-state index contributed by atoms with van der Waals surface area (Å²) in [4.78, 5) is 25.3. The summed E-state index contributed by atoms with van der Waals surface area (Å²) >= 11 is 0. The van der Waals surface area contributed by atoms with Gasteiger partial charge in [0.2, 0.25) is 0 Å². The summed E-state index contributed by atoms with van der Waals surface area (Å²) in [6.45, 7) is 2.22. The molecule has 22 heavy (non-hydrogen) atoms. The number of pyridine rings is 2. The van der Waals surface area contributed by atoms with Crippen molar-refractivity contribution in [1.82, 2.24) is 29.1 Å². The molecule has 0 saturated heterocycles. The van der Waals surface area contributed by atoms with Gasteiger partial charge in [-0.2, -0.15) is 9.50 Å². The zero-order valence-electron chi connectivity index (χ0n) is 11.8. The van der Waals surface area contributed by atoms with Crippen molar-refractivity contribution < 1.29 is 0 Å². The van der Waals surface area contributed by atoms with Crippen LogP contribution in [0.15, 0.2) is 47.7 Å². The molecule has 0 fully saturated rings. The topological polar surface area (TPSA) is 78.0 Å². The second kappa shape index (κ2) is 4.73. The van der Waals surface area contributed by atoms with Crippen LogP contribution in [0.2, 0.25) is 0 Å². The lowest BCUT2D eigenvalue weighted by molar-refractivity contribution is 0.745. The van der Waals surface area contributed by atoms with E-state index < -0.39 is 0 Å². The molecule has 0 N–H and O–H groups in total. The Morgan fingerprint density at radius 3 is 2.91 bits per heavy atom. The highest BCUT2D eigenvalue weighted by Crippen LogP contribution is 2.10. The molecule has 0 aliphatic heterocycles. The fourth-order valence-corrected chi connectivity index (χ4v) is 2.45. The molecule has 0 radical (unpaired) electrons. The molecular weight excluding hydrogens is 280 g/mol. The zero-order valence-corrected chi connectivity index (χ0v) is 11.8. The highest BCUT2D eigenvalue weighted by Gasteiger charge is 2.10. The molecule has 0 spiro atoms. The van der Waals surface area contributed by atoms with Crippen molar-refractivity contribution in [2.24, 2.45) is 0 Å². The summed E-state index contributed by atoms with van der Waals surface area (Å²) in [6, 6.07) is 7.49. The maximum atomic E-state index is 12.6. The third kappa shape index (κ3) is 1.95. The van der Waals surface area contributed by atoms with Gasteiger partial charge >= 0.3 is 0 Å². The third-order valence-corrected chi connectivity index (χ3v) is 3.47. The number of fused-ring (bicyclic) bond motifs is 3. The van der Waals surface area contributed by atoms with E-state index in [0.29, 0.717) is 29.0 Å². The van der Waals surface area contributed by atoms with Crippen LogP contribution in [0.1, 0.15) is 11.5 Å². The molecule has 0 atom stereocenters. The molecule has 0 aliphatic rings. The summed E-state index contributed by atoms with van der Waals surface area (Å²) in [7, 11) is 0. The minimum Gasteiger partial charge on any atom is -0.309 e. The van der Waals surface area contributed by atoms with Crippen LogP contribution in [0, 0.1) is 6.92 Å². The van der Waals surface area contributed by atoms with Crippen LogP contribution in [-0.4, -0.2) is 29.1 Å². The summed E-state index contributed by atoms with van der Waals surface area (Å²) in [5, 5.41) is 4.79. The van der Waals surface area contributed by atoms with E-state index in [2.05, 4.69) is 20.1 Å². The molecule has 7 heteroatoms. The molecule has 0 amide bonds. The summed E-state index contributed by atoms with van der Waals surface area (Å²) in [5.74, 6) is 1.12. The van der Waals surface area contributed by atoms with Crippen molar-refractivity contribution in [3.63, 3.8) is 0 Å². The summed E-state index contributed by atoms with van der Waals surface area (Å²) in [5.41, 5.74) is 1.41. The maximum Gasteiger partial charge on any atom is 0.261 e. The minimum absolute atomic E-state index is 0.120. The first-order chi connectivity index (χ1) is 10.7. The van der Waals surface area contributed by atoms with Crippen LogP contribution in [0.3, 0.4) is 0 Å². The number of nitrogens with zero attached hydrogens (tertiary/aromatic N) is 6. The van der Waals surface area contributed by atoms with Crippen LogP contribution >= 0.6 is 0 Å².